The number of ether oxygens (including phenoxy) is 1. The minimum Gasteiger partial charge on any atom is -0.490 e. The van der Waals surface area contributed by atoms with Crippen LogP contribution in [0.3, 0.4) is 0 Å². The molecule has 0 unspecified atom stereocenters. The van der Waals surface area contributed by atoms with Crippen LogP contribution < -0.4 is 10.5 Å². The predicted octanol–water partition coefficient (Wildman–Crippen LogP) is 5.53. The summed E-state index contributed by atoms with van der Waals surface area (Å²) in [7, 11) is 0. The summed E-state index contributed by atoms with van der Waals surface area (Å²) < 4.78 is 7.52. The molecule has 3 aliphatic rings. The molecule has 0 atom stereocenters. The Kier molecular flexibility index (Phi) is 7.56. The molecule has 184 valence electrons. The Morgan fingerprint density at radius 3 is 2.66 bits per heavy atom. The van der Waals surface area contributed by atoms with E-state index in [0.29, 0.717) is 17.0 Å². The van der Waals surface area contributed by atoms with Crippen molar-refractivity contribution in [2.45, 2.75) is 51.2 Å². The number of carbonyl (C=O) groups excluding carboxylic acids is 1. The highest BCUT2D eigenvalue weighted by atomic mass is 35.5. The number of oxime groups is 1. The lowest BCUT2D eigenvalue weighted by Gasteiger charge is -2.15. The molecule has 0 radical (unpaired) electrons. The Morgan fingerprint density at radius 2 is 1.94 bits per heavy atom. The van der Waals surface area contributed by atoms with Crippen LogP contribution in [0.5, 0.6) is 5.75 Å². The highest BCUT2D eigenvalue weighted by molar-refractivity contribution is 7.22. The lowest BCUT2D eigenvalue weighted by Crippen LogP contribution is -2.27. The number of nitrogens with two attached hydrogens (primary N) is 1. The predicted molar refractivity (Wildman–Crippen MR) is 141 cm³/mol. The third-order valence-corrected chi connectivity index (χ3v) is 7.75. The summed E-state index contributed by atoms with van der Waals surface area (Å²) in [5.74, 6) is 0.451. The van der Waals surface area contributed by atoms with Gasteiger partial charge in [0.25, 0.3) is 5.91 Å². The van der Waals surface area contributed by atoms with Crippen molar-refractivity contribution >= 4 is 44.6 Å². The number of carbonyl (C=O) groups is 1. The van der Waals surface area contributed by atoms with Gasteiger partial charge < -0.3 is 20.2 Å². The number of aryl methyl sites for hydroxylation is 1. The van der Waals surface area contributed by atoms with Crippen molar-refractivity contribution in [3.8, 4) is 5.75 Å². The number of primary amides is 1. The fraction of sp³-hybridized carbons (Fsp3) is 0.407. The van der Waals surface area contributed by atoms with E-state index in [1.807, 2.05) is 18.2 Å². The molecule has 6 nitrogen and oxygen atoms in total. The average molecular weight is 512 g/mol. The average Bonchev–Trinajstić information content (AvgIpc) is 3.35. The first-order valence-corrected chi connectivity index (χ1v) is 13.5. The molecule has 3 aromatic rings. The number of rotatable bonds is 7. The van der Waals surface area contributed by atoms with E-state index in [2.05, 4.69) is 34.3 Å². The van der Waals surface area contributed by atoms with E-state index in [4.69, 9.17) is 26.9 Å². The third-order valence-electron chi connectivity index (χ3n) is 6.52. The van der Waals surface area contributed by atoms with Gasteiger partial charge in [-0.25, -0.2) is 0 Å². The maximum atomic E-state index is 11.2. The van der Waals surface area contributed by atoms with Crippen LogP contribution in [0.2, 0.25) is 4.34 Å². The fourth-order valence-electron chi connectivity index (χ4n) is 4.53. The van der Waals surface area contributed by atoms with Gasteiger partial charge in [0, 0.05) is 21.2 Å². The van der Waals surface area contributed by atoms with Gasteiger partial charge in [0.1, 0.15) is 12.4 Å². The molecule has 2 aliphatic heterocycles. The Hall–Kier alpha value is -2.61. The first-order valence-electron chi connectivity index (χ1n) is 12.3. The van der Waals surface area contributed by atoms with Gasteiger partial charge in [-0.3, -0.25) is 4.79 Å². The van der Waals surface area contributed by atoms with Gasteiger partial charge >= 0.3 is 0 Å². The smallest absolute Gasteiger partial charge is 0.271 e. The molecule has 1 saturated heterocycles. The molecule has 1 aromatic heterocycles. The van der Waals surface area contributed by atoms with Gasteiger partial charge in [-0.2, -0.15) is 0 Å². The third kappa shape index (κ3) is 6.15. The van der Waals surface area contributed by atoms with E-state index >= 15 is 0 Å². The van der Waals surface area contributed by atoms with Crippen molar-refractivity contribution in [2.75, 3.05) is 19.6 Å². The van der Waals surface area contributed by atoms with Gasteiger partial charge in [0.15, 0.2) is 5.71 Å². The van der Waals surface area contributed by atoms with Gasteiger partial charge in [0.2, 0.25) is 0 Å². The van der Waals surface area contributed by atoms with Crippen molar-refractivity contribution in [2.24, 2.45) is 10.9 Å². The molecule has 1 saturated carbocycles. The number of fused-ring (bicyclic) bond motifs is 3. The molecule has 1 aliphatic carbocycles. The molecular weight excluding hydrogens is 482 g/mol. The Labute approximate surface area is 214 Å². The van der Waals surface area contributed by atoms with Gasteiger partial charge in [0.05, 0.1) is 10.4 Å². The van der Waals surface area contributed by atoms with Crippen LogP contribution in [0.25, 0.3) is 10.1 Å². The van der Waals surface area contributed by atoms with Crippen molar-refractivity contribution < 1.29 is 14.4 Å². The molecule has 1 amide bonds. The Bertz CT molecular complexity index is 1210. The van der Waals surface area contributed by atoms with Gasteiger partial charge in [-0.15, -0.1) is 11.3 Å². The number of hydrogen-bond donors (Lipinski definition) is 1. The summed E-state index contributed by atoms with van der Waals surface area (Å²) in [5, 5.41) is 4.69. The largest absolute Gasteiger partial charge is 0.490 e. The zero-order valence-corrected chi connectivity index (χ0v) is 21.2. The van der Waals surface area contributed by atoms with Crippen LogP contribution in [0.1, 0.15) is 48.8 Å². The van der Waals surface area contributed by atoms with E-state index in [-0.39, 0.29) is 5.71 Å². The lowest BCUT2D eigenvalue weighted by molar-refractivity contribution is -0.112. The highest BCUT2D eigenvalue weighted by Crippen LogP contribution is 2.35. The number of thiophene rings is 1. The number of benzene rings is 2. The summed E-state index contributed by atoms with van der Waals surface area (Å²) in [5.41, 5.74) is 8.50. The quantitative estimate of drug-likeness (QED) is 0.452. The zero-order chi connectivity index (χ0) is 24.2. The second-order valence-electron chi connectivity index (χ2n) is 9.25. The number of nitrogens with zero attached hydrogens (tertiary/aromatic N) is 2. The SMILES string of the molecule is NC(=O)C1=NOCc2c1ccc1sc(Cl)cc21.c1cc(OC2CC2)ccc1CCCN1CCCC1. The fourth-order valence-corrected chi connectivity index (χ4v) is 5.70. The van der Waals surface area contributed by atoms with Crippen LogP contribution in [-0.2, 0) is 22.7 Å². The van der Waals surface area contributed by atoms with Crippen LogP contribution in [0.4, 0.5) is 0 Å². The lowest BCUT2D eigenvalue weighted by atomic mass is 9.99. The standard InChI is InChI=1S/C16H23NO.C11H7ClN2O2S/c1-2-12-17(11-1)13-3-4-14-5-7-15(8-6-14)18-16-9-10-16;12-9-3-6-7-4-16-14-10(11(13)15)5(7)1-2-8(6)17-9/h5-8,16H,1-4,9-13H2;1-3H,4H2,(H2,13,15). The van der Waals surface area contributed by atoms with E-state index in [1.165, 1.54) is 75.1 Å². The van der Waals surface area contributed by atoms with Gasteiger partial charge in [-0.1, -0.05) is 35.0 Å². The number of likely N-dealkylation sites (tertiary alicyclic amines) is 1. The van der Waals surface area contributed by atoms with Crippen molar-refractivity contribution in [3.63, 3.8) is 0 Å². The second-order valence-corrected chi connectivity index (χ2v) is 11.0. The monoisotopic (exact) mass is 511 g/mol. The molecule has 3 heterocycles. The highest BCUT2D eigenvalue weighted by Gasteiger charge is 2.23. The molecule has 0 bridgehead atoms. The van der Waals surface area contributed by atoms with Crippen LogP contribution in [-0.4, -0.2) is 42.3 Å². The maximum Gasteiger partial charge on any atom is 0.271 e. The molecular formula is C27H30ClN3O3S. The zero-order valence-electron chi connectivity index (χ0n) is 19.7. The number of amides is 1. The molecule has 8 heteroatoms. The number of hydrogen-bond acceptors (Lipinski definition) is 6. The topological polar surface area (TPSA) is 77.2 Å². The van der Waals surface area contributed by atoms with Crippen LogP contribution in [0, 0.1) is 0 Å². The Balaban J connectivity index is 0.000000145. The van der Waals surface area contributed by atoms with Crippen LogP contribution in [0.15, 0.2) is 47.6 Å². The molecule has 0 spiro atoms. The minimum atomic E-state index is -0.591. The molecule has 6 rings (SSSR count). The van der Waals surface area contributed by atoms with E-state index in [1.54, 1.807) is 0 Å². The summed E-state index contributed by atoms with van der Waals surface area (Å²) >= 11 is 7.47. The van der Waals surface area contributed by atoms with Crippen molar-refractivity contribution in [1.82, 2.24) is 4.90 Å². The number of halogens is 1. The minimum absolute atomic E-state index is 0.162. The van der Waals surface area contributed by atoms with Crippen molar-refractivity contribution in [3.05, 3.63) is 63.5 Å². The summed E-state index contributed by atoms with van der Waals surface area (Å²) in [6.07, 6.45) is 8.24. The normalized spacial score (nSPS) is 17.2. The summed E-state index contributed by atoms with van der Waals surface area (Å²) in [6, 6.07) is 14.3. The molecule has 35 heavy (non-hydrogen) atoms. The second kappa shape index (κ2) is 11.0. The maximum absolute atomic E-state index is 11.2. The molecule has 2 N–H and O–H groups in total. The molecule has 2 fully saturated rings. The first-order chi connectivity index (χ1) is 17.1. The van der Waals surface area contributed by atoms with Crippen molar-refractivity contribution in [1.29, 1.82) is 0 Å². The van der Waals surface area contributed by atoms with Crippen LogP contribution >= 0.6 is 22.9 Å². The van der Waals surface area contributed by atoms with E-state index < -0.39 is 5.91 Å². The summed E-state index contributed by atoms with van der Waals surface area (Å²) in [4.78, 5) is 18.9. The van der Waals surface area contributed by atoms with E-state index in [0.717, 1.165) is 27.0 Å². The van der Waals surface area contributed by atoms with Gasteiger partial charge in [-0.05, 0) is 88.0 Å². The van der Waals surface area contributed by atoms with E-state index in [9.17, 15) is 4.79 Å². The molecule has 2 aromatic carbocycles. The first kappa shape index (κ1) is 24.1. The summed E-state index contributed by atoms with van der Waals surface area (Å²) in [6.45, 7) is 4.22. The Morgan fingerprint density at radius 1 is 1.17 bits per heavy atom.